The Morgan fingerprint density at radius 2 is 1.81 bits per heavy atom. The number of nitrogens with one attached hydrogen (secondary N) is 2. The molecule has 0 spiro atoms. The van der Waals surface area contributed by atoms with E-state index in [2.05, 4.69) is 37.7 Å². The zero-order valence-electron chi connectivity index (χ0n) is 13.5. The van der Waals surface area contributed by atoms with Gasteiger partial charge in [-0.05, 0) is 36.4 Å². The van der Waals surface area contributed by atoms with Crippen molar-refractivity contribution in [3.63, 3.8) is 0 Å². The summed E-state index contributed by atoms with van der Waals surface area (Å²) in [4.78, 5) is 0.379. The zero-order valence-corrected chi connectivity index (χ0v) is 14.3. The molecule has 0 radical (unpaired) electrons. The first-order chi connectivity index (χ1) is 9.88. The zero-order chi connectivity index (χ0) is 15.9. The summed E-state index contributed by atoms with van der Waals surface area (Å²) in [5, 5.41) is 3.25. The Labute approximate surface area is 129 Å². The van der Waals surface area contributed by atoms with Crippen molar-refractivity contribution >= 4 is 10.0 Å². The molecule has 4 nitrogen and oxygen atoms in total. The molecule has 5 heteroatoms. The molecule has 1 aromatic rings. The number of sulfonamides is 1. The highest BCUT2D eigenvalue weighted by atomic mass is 32.2. The van der Waals surface area contributed by atoms with Gasteiger partial charge < -0.3 is 5.32 Å². The average Bonchev–Trinajstić information content (AvgIpc) is 2.45. The van der Waals surface area contributed by atoms with E-state index in [1.54, 1.807) is 12.1 Å². The van der Waals surface area contributed by atoms with Gasteiger partial charge in [0.1, 0.15) is 0 Å². The Balaban J connectivity index is 2.82. The van der Waals surface area contributed by atoms with Gasteiger partial charge in [-0.15, -0.1) is 0 Å². The van der Waals surface area contributed by atoms with Gasteiger partial charge in [-0.1, -0.05) is 45.9 Å². The van der Waals surface area contributed by atoms with Crippen molar-refractivity contribution in [3.8, 4) is 0 Å². The minimum atomic E-state index is -3.45. The van der Waals surface area contributed by atoms with E-state index < -0.39 is 10.0 Å². The Morgan fingerprint density at radius 3 is 2.43 bits per heavy atom. The van der Waals surface area contributed by atoms with Crippen molar-refractivity contribution in [2.24, 2.45) is 11.8 Å². The maximum Gasteiger partial charge on any atom is 0.240 e. The van der Waals surface area contributed by atoms with Gasteiger partial charge in [-0.2, -0.15) is 0 Å². The summed E-state index contributed by atoms with van der Waals surface area (Å²) in [6, 6.07) is 7.18. The first-order valence-electron chi connectivity index (χ1n) is 7.66. The number of hydrogen-bond donors (Lipinski definition) is 2. The highest BCUT2D eigenvalue weighted by Crippen LogP contribution is 2.16. The summed E-state index contributed by atoms with van der Waals surface area (Å²) in [6.45, 7) is 10.3. The van der Waals surface area contributed by atoms with Gasteiger partial charge >= 0.3 is 0 Å². The van der Waals surface area contributed by atoms with Gasteiger partial charge in [-0.25, -0.2) is 13.1 Å². The lowest BCUT2D eigenvalue weighted by molar-refractivity contribution is 0.414. The predicted molar refractivity (Wildman–Crippen MR) is 87.6 cm³/mol. The molecule has 0 aliphatic rings. The van der Waals surface area contributed by atoms with Crippen LogP contribution in [0.5, 0.6) is 0 Å². The Kier molecular flexibility index (Phi) is 7.35. The van der Waals surface area contributed by atoms with Crippen LogP contribution in [0.25, 0.3) is 0 Å². The summed E-state index contributed by atoms with van der Waals surface area (Å²) in [7, 11) is -3.45. The molecular weight excluding hydrogens is 284 g/mol. The first kappa shape index (κ1) is 18.1. The Hall–Kier alpha value is -0.910. The Morgan fingerprint density at radius 1 is 1.14 bits per heavy atom. The summed E-state index contributed by atoms with van der Waals surface area (Å²) < 4.78 is 27.7. The highest BCUT2D eigenvalue weighted by molar-refractivity contribution is 7.89. The molecule has 0 saturated heterocycles. The van der Waals surface area contributed by atoms with Crippen LogP contribution >= 0.6 is 0 Å². The molecule has 0 bridgehead atoms. The van der Waals surface area contributed by atoms with E-state index >= 15 is 0 Å². The molecule has 2 N–H and O–H groups in total. The highest BCUT2D eigenvalue weighted by Gasteiger charge is 2.19. The van der Waals surface area contributed by atoms with Gasteiger partial charge in [0.15, 0.2) is 0 Å². The number of benzene rings is 1. The van der Waals surface area contributed by atoms with Crippen LogP contribution in [0, 0.1) is 11.8 Å². The van der Waals surface area contributed by atoms with E-state index in [1.165, 1.54) is 0 Å². The standard InChI is InChI=1S/C16H28N2O2S/c1-5-10-17-12-15-8-6-7-9-16(15)21(19,20)18-11-14(4)13(2)3/h6-9,13-14,17-18H,5,10-12H2,1-4H3. The van der Waals surface area contributed by atoms with Gasteiger partial charge in [0.25, 0.3) is 0 Å². The van der Waals surface area contributed by atoms with Crippen molar-refractivity contribution < 1.29 is 8.42 Å². The molecule has 0 fully saturated rings. The Bertz CT molecular complexity index is 527. The van der Waals surface area contributed by atoms with E-state index in [0.29, 0.717) is 29.8 Å². The van der Waals surface area contributed by atoms with E-state index in [9.17, 15) is 8.42 Å². The minimum Gasteiger partial charge on any atom is -0.313 e. The van der Waals surface area contributed by atoms with E-state index in [4.69, 9.17) is 0 Å². The fourth-order valence-electron chi connectivity index (χ4n) is 1.87. The summed E-state index contributed by atoms with van der Waals surface area (Å²) in [6.07, 6.45) is 1.03. The second-order valence-electron chi connectivity index (χ2n) is 5.86. The molecule has 0 saturated carbocycles. The molecule has 0 aliphatic carbocycles. The fourth-order valence-corrected chi connectivity index (χ4v) is 3.25. The second-order valence-corrected chi connectivity index (χ2v) is 7.59. The fraction of sp³-hybridized carbons (Fsp3) is 0.625. The van der Waals surface area contributed by atoms with Crippen molar-refractivity contribution in [2.45, 2.75) is 45.6 Å². The normalized spacial score (nSPS) is 13.6. The van der Waals surface area contributed by atoms with Crippen LogP contribution in [-0.2, 0) is 16.6 Å². The summed E-state index contributed by atoms with van der Waals surface area (Å²) in [5.74, 6) is 0.763. The van der Waals surface area contributed by atoms with Crippen LogP contribution in [0.2, 0.25) is 0 Å². The summed E-state index contributed by atoms with van der Waals surface area (Å²) >= 11 is 0. The van der Waals surface area contributed by atoms with Gasteiger partial charge in [0.2, 0.25) is 10.0 Å². The molecule has 1 aromatic carbocycles. The molecular formula is C16H28N2O2S. The molecule has 0 amide bonds. The lowest BCUT2D eigenvalue weighted by Gasteiger charge is -2.17. The topological polar surface area (TPSA) is 58.2 Å². The van der Waals surface area contributed by atoms with Crippen molar-refractivity contribution in [1.82, 2.24) is 10.0 Å². The predicted octanol–water partition coefficient (Wildman–Crippen LogP) is 2.76. The second kappa shape index (κ2) is 8.51. The average molecular weight is 312 g/mol. The monoisotopic (exact) mass is 312 g/mol. The molecule has 0 heterocycles. The van der Waals surface area contributed by atoms with Crippen LogP contribution in [0.15, 0.2) is 29.2 Å². The third kappa shape index (κ3) is 5.77. The third-order valence-corrected chi connectivity index (χ3v) is 5.26. The lowest BCUT2D eigenvalue weighted by atomic mass is 9.99. The van der Waals surface area contributed by atoms with Gasteiger partial charge in [0.05, 0.1) is 4.90 Å². The quantitative estimate of drug-likeness (QED) is 0.689. The van der Waals surface area contributed by atoms with E-state index in [1.807, 2.05) is 12.1 Å². The van der Waals surface area contributed by atoms with Crippen LogP contribution in [-0.4, -0.2) is 21.5 Å². The number of rotatable bonds is 9. The molecule has 0 aromatic heterocycles. The molecule has 1 atom stereocenters. The van der Waals surface area contributed by atoms with Crippen LogP contribution < -0.4 is 10.0 Å². The SMILES string of the molecule is CCCNCc1ccccc1S(=O)(=O)NCC(C)C(C)C. The molecule has 21 heavy (non-hydrogen) atoms. The van der Waals surface area contributed by atoms with Crippen molar-refractivity contribution in [3.05, 3.63) is 29.8 Å². The molecule has 0 aliphatic heterocycles. The minimum absolute atomic E-state index is 0.310. The molecule has 120 valence electrons. The molecule has 1 unspecified atom stereocenters. The van der Waals surface area contributed by atoms with Crippen LogP contribution in [0.4, 0.5) is 0 Å². The largest absolute Gasteiger partial charge is 0.313 e. The smallest absolute Gasteiger partial charge is 0.240 e. The van der Waals surface area contributed by atoms with Gasteiger partial charge in [-0.3, -0.25) is 0 Å². The molecule has 1 rings (SSSR count). The van der Waals surface area contributed by atoms with E-state index in [-0.39, 0.29) is 0 Å². The maximum atomic E-state index is 12.5. The van der Waals surface area contributed by atoms with Gasteiger partial charge in [0, 0.05) is 13.1 Å². The van der Waals surface area contributed by atoms with Crippen molar-refractivity contribution in [2.75, 3.05) is 13.1 Å². The van der Waals surface area contributed by atoms with Crippen LogP contribution in [0.1, 0.15) is 39.7 Å². The first-order valence-corrected chi connectivity index (χ1v) is 9.15. The van der Waals surface area contributed by atoms with Crippen molar-refractivity contribution in [1.29, 1.82) is 0 Å². The lowest BCUT2D eigenvalue weighted by Crippen LogP contribution is -2.31. The van der Waals surface area contributed by atoms with Crippen LogP contribution in [0.3, 0.4) is 0 Å². The van der Waals surface area contributed by atoms with E-state index in [0.717, 1.165) is 18.5 Å². The summed E-state index contributed by atoms with van der Waals surface area (Å²) in [5.41, 5.74) is 0.815. The maximum absolute atomic E-state index is 12.5. The third-order valence-electron chi connectivity index (χ3n) is 3.74. The number of hydrogen-bond acceptors (Lipinski definition) is 3.